The molecule has 0 fully saturated rings. The van der Waals surface area contributed by atoms with Crippen molar-refractivity contribution in [3.05, 3.63) is 12.7 Å². The summed E-state index contributed by atoms with van der Waals surface area (Å²) < 4.78 is 0. The van der Waals surface area contributed by atoms with Gasteiger partial charge in [-0.15, -0.1) is 0 Å². The fourth-order valence-corrected chi connectivity index (χ4v) is 0.839. The molecule has 0 aliphatic rings. The third kappa shape index (κ3) is 5.28. The van der Waals surface area contributed by atoms with Gasteiger partial charge in [0, 0.05) is 6.42 Å². The van der Waals surface area contributed by atoms with Crippen molar-refractivity contribution in [1.82, 2.24) is 5.32 Å². The Morgan fingerprint density at radius 1 is 1.57 bits per heavy atom. The summed E-state index contributed by atoms with van der Waals surface area (Å²) in [6.45, 7) is 3.27. The maximum atomic E-state index is 10.6. The summed E-state index contributed by atoms with van der Waals surface area (Å²) in [5, 5.41) is 20.1. The van der Waals surface area contributed by atoms with Crippen molar-refractivity contribution in [2.24, 2.45) is 5.73 Å². The van der Waals surface area contributed by atoms with E-state index in [1.165, 1.54) is 0 Å². The zero-order valence-electron chi connectivity index (χ0n) is 7.64. The molecular formula is C8H14N2O4. The summed E-state index contributed by atoms with van der Waals surface area (Å²) in [5.41, 5.74) is 4.86. The van der Waals surface area contributed by atoms with Gasteiger partial charge in [0.05, 0.1) is 0 Å². The van der Waals surface area contributed by atoms with Crippen LogP contribution in [0.15, 0.2) is 12.7 Å². The number of carbonyl (C=O) groups is 2. The molecule has 0 heterocycles. The number of hydrogen-bond donors (Lipinski definition) is 4. The lowest BCUT2D eigenvalue weighted by molar-refractivity contribution is -0.140. The summed E-state index contributed by atoms with van der Waals surface area (Å²) in [4.78, 5) is 21.0. The average Bonchev–Trinajstić information content (AvgIpc) is 2.10. The number of aliphatic carboxylic acids is 1. The largest absolute Gasteiger partial charge is 0.480 e. The molecule has 0 saturated heterocycles. The number of nitrogens with two attached hydrogens (primary N) is 1. The number of hydrogen-bond acceptors (Lipinski definition) is 4. The van der Waals surface area contributed by atoms with E-state index in [4.69, 9.17) is 15.9 Å². The van der Waals surface area contributed by atoms with Crippen molar-refractivity contribution in [3.63, 3.8) is 0 Å². The van der Waals surface area contributed by atoms with Crippen molar-refractivity contribution >= 4 is 11.9 Å². The molecule has 0 rings (SSSR count). The normalized spacial score (nSPS) is 14.4. The van der Waals surface area contributed by atoms with Gasteiger partial charge < -0.3 is 15.9 Å². The standard InChI is InChI=1S/C8H14N2O4/c1-2-7(12)10-5(8(13)14)3-4-6(9)11/h2,5,7,10,12H,1,3-4H2,(H2,9,11)(H,13,14). The predicted molar refractivity (Wildman–Crippen MR) is 49.2 cm³/mol. The molecular weight excluding hydrogens is 188 g/mol. The summed E-state index contributed by atoms with van der Waals surface area (Å²) >= 11 is 0. The second kappa shape index (κ2) is 6.11. The van der Waals surface area contributed by atoms with E-state index in [0.717, 1.165) is 6.08 Å². The van der Waals surface area contributed by atoms with Crippen molar-refractivity contribution in [2.45, 2.75) is 25.1 Å². The minimum absolute atomic E-state index is 0.0373. The molecule has 0 aliphatic heterocycles. The highest BCUT2D eigenvalue weighted by molar-refractivity contribution is 5.77. The highest BCUT2D eigenvalue weighted by atomic mass is 16.4. The van der Waals surface area contributed by atoms with E-state index >= 15 is 0 Å². The quantitative estimate of drug-likeness (QED) is 0.306. The van der Waals surface area contributed by atoms with Gasteiger partial charge in [0.1, 0.15) is 12.3 Å². The van der Waals surface area contributed by atoms with E-state index in [-0.39, 0.29) is 12.8 Å². The van der Waals surface area contributed by atoms with Crippen LogP contribution in [0.5, 0.6) is 0 Å². The molecule has 0 aliphatic carbocycles. The van der Waals surface area contributed by atoms with Crippen LogP contribution in [0.4, 0.5) is 0 Å². The SMILES string of the molecule is C=CC(O)NC(CCC(N)=O)C(=O)O. The molecule has 80 valence electrons. The van der Waals surface area contributed by atoms with Crippen LogP contribution in [0.3, 0.4) is 0 Å². The van der Waals surface area contributed by atoms with Crippen LogP contribution >= 0.6 is 0 Å². The Hall–Kier alpha value is -1.40. The number of aliphatic hydroxyl groups excluding tert-OH is 1. The van der Waals surface area contributed by atoms with E-state index in [0.29, 0.717) is 0 Å². The van der Waals surface area contributed by atoms with Crippen molar-refractivity contribution in [1.29, 1.82) is 0 Å². The molecule has 0 aromatic carbocycles. The Kier molecular flexibility index (Phi) is 5.50. The molecule has 0 aromatic heterocycles. The fraction of sp³-hybridized carbons (Fsp3) is 0.500. The van der Waals surface area contributed by atoms with Crippen LogP contribution in [0, 0.1) is 0 Å². The average molecular weight is 202 g/mol. The van der Waals surface area contributed by atoms with Crippen molar-refractivity contribution in [2.75, 3.05) is 0 Å². The van der Waals surface area contributed by atoms with E-state index in [9.17, 15) is 9.59 Å². The fourth-order valence-electron chi connectivity index (χ4n) is 0.839. The van der Waals surface area contributed by atoms with Crippen molar-refractivity contribution < 1.29 is 19.8 Å². The van der Waals surface area contributed by atoms with Gasteiger partial charge in [-0.2, -0.15) is 0 Å². The third-order valence-corrected chi connectivity index (χ3v) is 1.57. The van der Waals surface area contributed by atoms with Gasteiger partial charge in [-0.25, -0.2) is 0 Å². The predicted octanol–water partition coefficient (Wildman–Crippen LogP) is -1.20. The minimum atomic E-state index is -1.15. The van der Waals surface area contributed by atoms with Gasteiger partial charge in [-0.1, -0.05) is 6.58 Å². The first-order valence-corrected chi connectivity index (χ1v) is 4.05. The molecule has 6 heteroatoms. The molecule has 14 heavy (non-hydrogen) atoms. The first kappa shape index (κ1) is 12.6. The zero-order chi connectivity index (χ0) is 11.1. The number of primary amides is 1. The van der Waals surface area contributed by atoms with Crippen LogP contribution < -0.4 is 11.1 Å². The van der Waals surface area contributed by atoms with Crippen LogP contribution in [0.25, 0.3) is 0 Å². The summed E-state index contributed by atoms with van der Waals surface area (Å²) in [7, 11) is 0. The van der Waals surface area contributed by atoms with Gasteiger partial charge in [0.15, 0.2) is 0 Å². The number of carbonyl (C=O) groups excluding carboxylic acids is 1. The molecule has 6 nitrogen and oxygen atoms in total. The second-order valence-electron chi connectivity index (χ2n) is 2.74. The Morgan fingerprint density at radius 3 is 2.50 bits per heavy atom. The van der Waals surface area contributed by atoms with E-state index in [1.54, 1.807) is 0 Å². The summed E-state index contributed by atoms with van der Waals surface area (Å²) in [6, 6.07) is -1.00. The second-order valence-corrected chi connectivity index (χ2v) is 2.74. The summed E-state index contributed by atoms with van der Waals surface area (Å²) in [6.07, 6.45) is 0.0350. The Bertz CT molecular complexity index is 229. The number of amides is 1. The Labute approximate surface area is 81.4 Å². The molecule has 1 amide bonds. The third-order valence-electron chi connectivity index (χ3n) is 1.57. The topological polar surface area (TPSA) is 113 Å². The summed E-state index contributed by atoms with van der Waals surface area (Å²) in [5.74, 6) is -1.72. The molecule has 0 radical (unpaired) electrons. The first-order chi connectivity index (χ1) is 6.47. The highest BCUT2D eigenvalue weighted by Crippen LogP contribution is 1.98. The molecule has 0 saturated carbocycles. The molecule has 2 atom stereocenters. The molecule has 0 spiro atoms. The molecule has 0 aromatic rings. The number of rotatable bonds is 7. The van der Waals surface area contributed by atoms with Crippen LogP contribution in [-0.2, 0) is 9.59 Å². The number of carboxylic acid groups (broad SMARTS) is 1. The monoisotopic (exact) mass is 202 g/mol. The molecule has 2 unspecified atom stereocenters. The van der Waals surface area contributed by atoms with Crippen LogP contribution in [-0.4, -0.2) is 34.4 Å². The van der Waals surface area contributed by atoms with Gasteiger partial charge in [0.2, 0.25) is 5.91 Å². The smallest absolute Gasteiger partial charge is 0.320 e. The maximum Gasteiger partial charge on any atom is 0.320 e. The van der Waals surface area contributed by atoms with Gasteiger partial charge in [0.25, 0.3) is 0 Å². The van der Waals surface area contributed by atoms with E-state index in [2.05, 4.69) is 11.9 Å². The lowest BCUT2D eigenvalue weighted by atomic mass is 10.1. The highest BCUT2D eigenvalue weighted by Gasteiger charge is 2.19. The van der Waals surface area contributed by atoms with Crippen LogP contribution in [0.1, 0.15) is 12.8 Å². The Morgan fingerprint density at radius 2 is 2.14 bits per heavy atom. The van der Waals surface area contributed by atoms with Crippen LogP contribution in [0.2, 0.25) is 0 Å². The van der Waals surface area contributed by atoms with E-state index < -0.39 is 24.1 Å². The lowest BCUT2D eigenvalue weighted by Gasteiger charge is -2.15. The number of aliphatic hydroxyl groups is 1. The minimum Gasteiger partial charge on any atom is -0.480 e. The first-order valence-electron chi connectivity index (χ1n) is 4.05. The zero-order valence-corrected chi connectivity index (χ0v) is 7.64. The van der Waals surface area contributed by atoms with Crippen molar-refractivity contribution in [3.8, 4) is 0 Å². The van der Waals surface area contributed by atoms with Gasteiger partial charge in [-0.3, -0.25) is 14.9 Å². The number of nitrogens with one attached hydrogen (secondary N) is 1. The van der Waals surface area contributed by atoms with Gasteiger partial charge in [-0.05, 0) is 12.5 Å². The lowest BCUT2D eigenvalue weighted by Crippen LogP contribution is -2.42. The Balaban J connectivity index is 4.08. The molecule has 0 bridgehead atoms. The van der Waals surface area contributed by atoms with Gasteiger partial charge >= 0.3 is 5.97 Å². The van der Waals surface area contributed by atoms with E-state index in [1.807, 2.05) is 0 Å². The maximum absolute atomic E-state index is 10.6. The number of carboxylic acids is 1. The molecule has 5 N–H and O–H groups in total.